The summed E-state index contributed by atoms with van der Waals surface area (Å²) in [5.74, 6) is -4.08. The predicted octanol–water partition coefficient (Wildman–Crippen LogP) is 1.43. The van der Waals surface area contributed by atoms with Crippen LogP contribution in [0.2, 0.25) is 0 Å². The minimum atomic E-state index is -1.95. The molecule has 0 amide bonds. The zero-order valence-corrected chi connectivity index (χ0v) is 22.5. The van der Waals surface area contributed by atoms with Crippen molar-refractivity contribution in [3.05, 3.63) is 76.5 Å². The fourth-order valence-electron chi connectivity index (χ4n) is 4.46. The van der Waals surface area contributed by atoms with E-state index in [2.05, 4.69) is 0 Å². The maximum atomic E-state index is 13.6. The molecule has 5 atom stereocenters. The van der Waals surface area contributed by atoms with Crippen LogP contribution in [-0.2, 0) is 14.3 Å². The number of hydrogen-bond donors (Lipinski definition) is 8. The third-order valence-corrected chi connectivity index (χ3v) is 6.75. The molecule has 4 aromatic rings. The molecule has 0 spiro atoms. The molecule has 1 saturated heterocycles. The second kappa shape index (κ2) is 12.1. The Morgan fingerprint density at radius 2 is 1.55 bits per heavy atom. The number of ether oxygens (including phenoxy) is 3. The van der Waals surface area contributed by atoms with Crippen LogP contribution in [0.5, 0.6) is 34.5 Å². The molecule has 2 unspecified atom stereocenters. The smallest absolute Gasteiger partial charge is 0.330 e. The van der Waals surface area contributed by atoms with Crippen LogP contribution in [0.25, 0.3) is 28.4 Å². The Labute approximate surface area is 247 Å². The number of esters is 1. The van der Waals surface area contributed by atoms with Crippen molar-refractivity contribution >= 4 is 23.0 Å². The summed E-state index contributed by atoms with van der Waals surface area (Å²) < 4.78 is 22.1. The minimum absolute atomic E-state index is 0.0195. The molecule has 3 aromatic carbocycles. The first-order chi connectivity index (χ1) is 20.9. The summed E-state index contributed by atoms with van der Waals surface area (Å²) in [4.78, 5) is 25.8. The lowest BCUT2D eigenvalue weighted by Crippen LogP contribution is -2.60. The van der Waals surface area contributed by atoms with Crippen LogP contribution >= 0.6 is 0 Å². The van der Waals surface area contributed by atoms with Gasteiger partial charge in [-0.1, -0.05) is 12.1 Å². The Bertz CT molecular complexity index is 1780. The van der Waals surface area contributed by atoms with E-state index in [1.807, 2.05) is 0 Å². The lowest BCUT2D eigenvalue weighted by molar-refractivity contribution is -0.278. The van der Waals surface area contributed by atoms with Crippen LogP contribution in [0.4, 0.5) is 0 Å². The van der Waals surface area contributed by atoms with Gasteiger partial charge in [-0.3, -0.25) is 4.79 Å². The highest BCUT2D eigenvalue weighted by Crippen LogP contribution is 2.39. The Kier molecular flexibility index (Phi) is 8.33. The van der Waals surface area contributed by atoms with Gasteiger partial charge in [0.25, 0.3) is 0 Å². The molecule has 1 aromatic heterocycles. The van der Waals surface area contributed by atoms with Crippen molar-refractivity contribution in [2.45, 2.75) is 30.7 Å². The lowest BCUT2D eigenvalue weighted by Gasteiger charge is -2.39. The van der Waals surface area contributed by atoms with Crippen LogP contribution in [0.1, 0.15) is 5.56 Å². The van der Waals surface area contributed by atoms with E-state index in [-0.39, 0.29) is 22.7 Å². The molecule has 14 nitrogen and oxygen atoms in total. The molecular weight excluding hydrogens is 584 g/mol. The molecule has 1 aliphatic heterocycles. The van der Waals surface area contributed by atoms with Crippen molar-refractivity contribution in [3.8, 4) is 45.8 Å². The third-order valence-electron chi connectivity index (χ3n) is 6.75. The van der Waals surface area contributed by atoms with Gasteiger partial charge in [0.05, 0.1) is 0 Å². The number of carbonyl (C=O) groups excluding carboxylic acids is 1. The summed E-state index contributed by atoms with van der Waals surface area (Å²) in [5, 5.41) is 80.6. The highest BCUT2D eigenvalue weighted by atomic mass is 16.7. The maximum Gasteiger partial charge on any atom is 0.330 e. The second-order valence-electron chi connectivity index (χ2n) is 9.82. The number of phenols is 5. The number of aromatic hydroxyl groups is 5. The van der Waals surface area contributed by atoms with E-state index >= 15 is 0 Å². The molecule has 14 heteroatoms. The number of rotatable bonds is 7. The zero-order chi connectivity index (χ0) is 31.7. The first-order valence-electron chi connectivity index (χ1n) is 13.0. The van der Waals surface area contributed by atoms with Crippen molar-refractivity contribution in [1.82, 2.24) is 0 Å². The molecule has 230 valence electrons. The lowest BCUT2D eigenvalue weighted by atomic mass is 9.99. The number of fused-ring (bicyclic) bond motifs is 1. The first kappa shape index (κ1) is 30.2. The van der Waals surface area contributed by atoms with Crippen molar-refractivity contribution < 1.29 is 64.3 Å². The summed E-state index contributed by atoms with van der Waals surface area (Å²) in [7, 11) is 0. The molecule has 5 rings (SSSR count). The quantitative estimate of drug-likeness (QED) is 0.0840. The van der Waals surface area contributed by atoms with Gasteiger partial charge < -0.3 is 59.5 Å². The Balaban J connectivity index is 1.43. The van der Waals surface area contributed by atoms with Crippen LogP contribution in [0.3, 0.4) is 0 Å². The van der Waals surface area contributed by atoms with Crippen LogP contribution in [0.15, 0.2) is 69.9 Å². The largest absolute Gasteiger partial charge is 0.508 e. The van der Waals surface area contributed by atoms with Gasteiger partial charge in [0.1, 0.15) is 59.2 Å². The van der Waals surface area contributed by atoms with E-state index in [0.717, 1.165) is 30.3 Å². The minimum Gasteiger partial charge on any atom is -0.508 e. The van der Waals surface area contributed by atoms with Gasteiger partial charge in [-0.2, -0.15) is 0 Å². The van der Waals surface area contributed by atoms with Gasteiger partial charge in [-0.25, -0.2) is 4.79 Å². The van der Waals surface area contributed by atoms with Gasteiger partial charge in [-0.15, -0.1) is 0 Å². The number of phenolic OH excluding ortho intramolecular Hbond substituents is 5. The van der Waals surface area contributed by atoms with Crippen molar-refractivity contribution in [1.29, 1.82) is 0 Å². The molecule has 2 heterocycles. The molecule has 1 fully saturated rings. The number of carbonyl (C=O) groups is 1. The SMILES string of the molecule is O=C(/C=C/c1ccc(O)cc1)OC[C@H]1O[C@@H](Oc2c(-c3ccc(O)c(O)c3)oc3cc(O)cc(O)c3c2=O)C(O)C(O)[C@@H]1O. The third kappa shape index (κ3) is 6.09. The normalized spacial score (nSPS) is 21.8. The van der Waals surface area contributed by atoms with Gasteiger partial charge >= 0.3 is 5.97 Å². The van der Waals surface area contributed by atoms with Crippen molar-refractivity contribution in [3.63, 3.8) is 0 Å². The topological polar surface area (TPSA) is 237 Å². The highest BCUT2D eigenvalue weighted by Gasteiger charge is 2.46. The predicted molar refractivity (Wildman–Crippen MR) is 150 cm³/mol. The van der Waals surface area contributed by atoms with Crippen molar-refractivity contribution in [2.75, 3.05) is 6.61 Å². The summed E-state index contributed by atoms with van der Waals surface area (Å²) in [6.07, 6.45) is -6.45. The van der Waals surface area contributed by atoms with E-state index in [1.165, 1.54) is 24.3 Å². The molecule has 8 N–H and O–H groups in total. The fraction of sp³-hybridized carbons (Fsp3) is 0.200. The second-order valence-corrected chi connectivity index (χ2v) is 9.82. The number of benzene rings is 3. The molecule has 0 saturated carbocycles. The average Bonchev–Trinajstić information content (AvgIpc) is 2.98. The standard InChI is InChI=1S/C30H26O14/c31-15-5-1-13(2-6-15)3-8-22(36)41-12-21-24(37)26(39)27(40)30(43-21)44-29-25(38)23-19(35)10-16(32)11-20(23)42-28(29)14-4-7-17(33)18(34)9-14/h1-11,21,24,26-27,30-35,37,39-40H,12H2/b8-3+/t21-,24-,26?,27?,30+/m1/s1. The van der Waals surface area contributed by atoms with E-state index < -0.39 is 82.8 Å². The molecule has 1 aliphatic rings. The van der Waals surface area contributed by atoms with E-state index in [4.69, 9.17) is 18.6 Å². The molecule has 44 heavy (non-hydrogen) atoms. The van der Waals surface area contributed by atoms with Gasteiger partial charge in [-0.05, 0) is 42.0 Å². The number of aliphatic hydroxyl groups excluding tert-OH is 3. The van der Waals surface area contributed by atoms with Gasteiger partial charge in [0, 0.05) is 23.8 Å². The van der Waals surface area contributed by atoms with Crippen molar-refractivity contribution in [2.24, 2.45) is 0 Å². The van der Waals surface area contributed by atoms with E-state index in [9.17, 15) is 50.4 Å². The summed E-state index contributed by atoms with van der Waals surface area (Å²) in [6, 6.07) is 11.2. The summed E-state index contributed by atoms with van der Waals surface area (Å²) >= 11 is 0. The van der Waals surface area contributed by atoms with Gasteiger partial charge in [0.15, 0.2) is 17.3 Å². The Morgan fingerprint density at radius 1 is 0.818 bits per heavy atom. The van der Waals surface area contributed by atoms with Crippen LogP contribution in [-0.4, -0.2) is 84.1 Å². The van der Waals surface area contributed by atoms with E-state index in [1.54, 1.807) is 12.1 Å². The molecule has 0 bridgehead atoms. The van der Waals surface area contributed by atoms with Crippen LogP contribution < -0.4 is 10.2 Å². The fourth-order valence-corrected chi connectivity index (χ4v) is 4.46. The average molecular weight is 611 g/mol. The monoisotopic (exact) mass is 610 g/mol. The number of hydrogen-bond acceptors (Lipinski definition) is 14. The van der Waals surface area contributed by atoms with E-state index in [0.29, 0.717) is 5.56 Å². The summed E-state index contributed by atoms with van der Waals surface area (Å²) in [6.45, 7) is -0.616. The molecular formula is C30H26O14. The Hall–Kier alpha value is -5.28. The van der Waals surface area contributed by atoms with Gasteiger partial charge in [0.2, 0.25) is 17.5 Å². The zero-order valence-electron chi connectivity index (χ0n) is 22.5. The number of aliphatic hydroxyl groups is 3. The summed E-state index contributed by atoms with van der Waals surface area (Å²) in [5.41, 5.74) is -0.735. The molecule has 0 aliphatic carbocycles. The molecule has 0 radical (unpaired) electrons. The Morgan fingerprint density at radius 3 is 2.25 bits per heavy atom. The maximum absolute atomic E-state index is 13.6. The highest BCUT2D eigenvalue weighted by molar-refractivity contribution is 5.88. The van der Waals surface area contributed by atoms with Crippen LogP contribution in [0, 0.1) is 0 Å². The first-order valence-corrected chi connectivity index (χ1v) is 13.0.